The van der Waals surface area contributed by atoms with Crippen molar-refractivity contribution >= 4 is 5.78 Å². The molecule has 218 valence electrons. The second kappa shape index (κ2) is 15.6. The van der Waals surface area contributed by atoms with Crippen LogP contribution in [0.1, 0.15) is 77.9 Å². The van der Waals surface area contributed by atoms with Gasteiger partial charge >= 0.3 is 0 Å². The largest absolute Gasteiger partial charge is 0.316 e. The Bertz CT molecular complexity index is 1280. The summed E-state index contributed by atoms with van der Waals surface area (Å²) in [5, 5.41) is 3.82. The van der Waals surface area contributed by atoms with Gasteiger partial charge in [0, 0.05) is 23.9 Å². The first-order valence-corrected chi connectivity index (χ1v) is 15.9. The first kappa shape index (κ1) is 29.9. The zero-order valence-corrected chi connectivity index (χ0v) is 25.0. The van der Waals surface area contributed by atoms with Gasteiger partial charge in [-0.2, -0.15) is 0 Å². The third kappa shape index (κ3) is 8.06. The van der Waals surface area contributed by atoms with Crippen molar-refractivity contribution in [3.63, 3.8) is 0 Å². The molecule has 1 aliphatic heterocycles. The highest BCUT2D eigenvalue weighted by atomic mass is 16.1. The van der Waals surface area contributed by atoms with Crippen molar-refractivity contribution in [2.75, 3.05) is 32.7 Å². The SMILES string of the molecule is O=C(CCCCNCC(CCCN1CCC(c2ccccc2)CC1)(c1ccccc1)c1ccccc1)c1ccccc1. The second-order valence-electron chi connectivity index (χ2n) is 11.9. The van der Waals surface area contributed by atoms with Crippen LogP contribution in [-0.2, 0) is 5.41 Å². The van der Waals surface area contributed by atoms with Crippen LogP contribution in [-0.4, -0.2) is 43.4 Å². The molecule has 42 heavy (non-hydrogen) atoms. The van der Waals surface area contributed by atoms with Gasteiger partial charge in [0.05, 0.1) is 0 Å². The van der Waals surface area contributed by atoms with Crippen LogP contribution in [0.5, 0.6) is 0 Å². The van der Waals surface area contributed by atoms with E-state index in [1.54, 1.807) is 0 Å². The van der Waals surface area contributed by atoms with E-state index >= 15 is 0 Å². The summed E-state index contributed by atoms with van der Waals surface area (Å²) in [5.41, 5.74) is 4.99. The topological polar surface area (TPSA) is 32.3 Å². The lowest BCUT2D eigenvalue weighted by Crippen LogP contribution is -2.41. The lowest BCUT2D eigenvalue weighted by atomic mass is 9.71. The van der Waals surface area contributed by atoms with Crippen molar-refractivity contribution in [2.45, 2.75) is 56.3 Å². The molecule has 0 atom stereocenters. The first-order valence-electron chi connectivity index (χ1n) is 15.9. The molecule has 3 heteroatoms. The van der Waals surface area contributed by atoms with Crippen molar-refractivity contribution in [2.24, 2.45) is 0 Å². The number of carbonyl (C=O) groups excluding carboxylic acids is 1. The molecule has 0 amide bonds. The van der Waals surface area contributed by atoms with Gasteiger partial charge in [0.15, 0.2) is 5.78 Å². The highest BCUT2D eigenvalue weighted by Crippen LogP contribution is 2.37. The van der Waals surface area contributed by atoms with Gasteiger partial charge in [-0.1, -0.05) is 121 Å². The van der Waals surface area contributed by atoms with Crippen LogP contribution >= 0.6 is 0 Å². The molecule has 0 radical (unpaired) electrons. The molecule has 1 fully saturated rings. The van der Waals surface area contributed by atoms with Gasteiger partial charge < -0.3 is 10.2 Å². The fourth-order valence-electron chi connectivity index (χ4n) is 6.69. The quantitative estimate of drug-likeness (QED) is 0.118. The molecule has 5 rings (SSSR count). The smallest absolute Gasteiger partial charge is 0.162 e. The van der Waals surface area contributed by atoms with E-state index in [2.05, 4.69) is 101 Å². The Balaban J connectivity index is 1.19. The van der Waals surface area contributed by atoms with Crippen molar-refractivity contribution < 1.29 is 4.79 Å². The number of hydrogen-bond donors (Lipinski definition) is 1. The van der Waals surface area contributed by atoms with Crippen molar-refractivity contribution in [1.29, 1.82) is 0 Å². The number of unbranched alkanes of at least 4 members (excludes halogenated alkanes) is 1. The molecule has 0 aromatic heterocycles. The molecule has 0 unspecified atom stereocenters. The molecule has 0 bridgehead atoms. The van der Waals surface area contributed by atoms with E-state index in [4.69, 9.17) is 0 Å². The molecule has 1 N–H and O–H groups in total. The summed E-state index contributed by atoms with van der Waals surface area (Å²) in [4.78, 5) is 15.2. The van der Waals surface area contributed by atoms with E-state index in [1.165, 1.54) is 42.6 Å². The van der Waals surface area contributed by atoms with Crippen LogP contribution in [0.2, 0.25) is 0 Å². The third-order valence-electron chi connectivity index (χ3n) is 9.12. The van der Waals surface area contributed by atoms with Crippen LogP contribution in [0.25, 0.3) is 0 Å². The van der Waals surface area contributed by atoms with Gasteiger partial charge in [-0.25, -0.2) is 0 Å². The lowest BCUT2D eigenvalue weighted by Gasteiger charge is -2.37. The van der Waals surface area contributed by atoms with Crippen LogP contribution in [0.4, 0.5) is 0 Å². The molecule has 1 aliphatic rings. The van der Waals surface area contributed by atoms with Crippen LogP contribution in [0, 0.1) is 0 Å². The van der Waals surface area contributed by atoms with Gasteiger partial charge in [-0.3, -0.25) is 4.79 Å². The number of piperidine rings is 1. The number of carbonyl (C=O) groups is 1. The minimum atomic E-state index is -0.0925. The van der Waals surface area contributed by atoms with E-state index in [1.807, 2.05) is 30.3 Å². The Morgan fingerprint density at radius 3 is 1.83 bits per heavy atom. The number of rotatable bonds is 15. The Labute approximate surface area is 253 Å². The molecule has 1 heterocycles. The van der Waals surface area contributed by atoms with Gasteiger partial charge in [-0.15, -0.1) is 0 Å². The molecule has 1 saturated heterocycles. The van der Waals surface area contributed by atoms with Crippen LogP contribution in [0.3, 0.4) is 0 Å². The molecule has 0 spiro atoms. The molecule has 4 aromatic rings. The maximum Gasteiger partial charge on any atom is 0.162 e. The summed E-state index contributed by atoms with van der Waals surface area (Å²) >= 11 is 0. The van der Waals surface area contributed by atoms with Gasteiger partial charge in [-0.05, 0) is 87.3 Å². The monoisotopic (exact) mass is 558 g/mol. The Hall–Kier alpha value is -3.53. The molecular weight excluding hydrogens is 512 g/mol. The number of nitrogens with one attached hydrogen (secondary N) is 1. The lowest BCUT2D eigenvalue weighted by molar-refractivity contribution is 0.0979. The fourth-order valence-corrected chi connectivity index (χ4v) is 6.69. The molecule has 3 nitrogen and oxygen atoms in total. The van der Waals surface area contributed by atoms with Crippen LogP contribution < -0.4 is 5.32 Å². The normalized spacial score (nSPS) is 14.6. The van der Waals surface area contributed by atoms with Gasteiger partial charge in [0.2, 0.25) is 0 Å². The Morgan fingerprint density at radius 1 is 0.690 bits per heavy atom. The van der Waals surface area contributed by atoms with E-state index < -0.39 is 0 Å². The summed E-state index contributed by atoms with van der Waals surface area (Å²) < 4.78 is 0. The number of likely N-dealkylation sites (tertiary alicyclic amines) is 1. The highest BCUT2D eigenvalue weighted by Gasteiger charge is 2.34. The zero-order valence-electron chi connectivity index (χ0n) is 25.0. The maximum atomic E-state index is 12.5. The van der Waals surface area contributed by atoms with E-state index in [0.717, 1.165) is 50.9 Å². The zero-order chi connectivity index (χ0) is 28.9. The summed E-state index contributed by atoms with van der Waals surface area (Å²) in [6.07, 6.45) is 7.26. The standard InChI is InChI=1S/C39H46N2O/c42-38(35-18-7-2-8-19-35)24-13-14-28-40-32-39(36-20-9-3-10-21-36,37-22-11-4-12-23-37)27-15-29-41-30-25-34(26-31-41)33-16-5-1-6-17-33/h1-12,16-23,34,40H,13-15,24-32H2. The number of hydrogen-bond acceptors (Lipinski definition) is 3. The molecular formula is C39H46N2O. The second-order valence-corrected chi connectivity index (χ2v) is 11.9. The van der Waals surface area contributed by atoms with Crippen molar-refractivity contribution in [1.82, 2.24) is 10.2 Å². The predicted octanol–water partition coefficient (Wildman–Crippen LogP) is 8.28. The average molecular weight is 559 g/mol. The number of ketones is 1. The van der Waals surface area contributed by atoms with Crippen LogP contribution in [0.15, 0.2) is 121 Å². The minimum absolute atomic E-state index is 0.0925. The first-order chi connectivity index (χ1) is 20.7. The van der Waals surface area contributed by atoms with E-state index in [9.17, 15) is 4.79 Å². The Kier molecular flexibility index (Phi) is 11.1. The average Bonchev–Trinajstić information content (AvgIpc) is 3.07. The molecule has 0 saturated carbocycles. The molecule has 0 aliphatic carbocycles. The summed E-state index contributed by atoms with van der Waals surface area (Å²) in [7, 11) is 0. The fraction of sp³-hybridized carbons (Fsp3) is 0.359. The number of Topliss-reactive ketones (excluding diaryl/α,β-unsaturated/α-hetero) is 1. The Morgan fingerprint density at radius 2 is 1.24 bits per heavy atom. The minimum Gasteiger partial charge on any atom is -0.316 e. The maximum absolute atomic E-state index is 12.5. The van der Waals surface area contributed by atoms with E-state index in [-0.39, 0.29) is 11.2 Å². The highest BCUT2D eigenvalue weighted by molar-refractivity contribution is 5.95. The van der Waals surface area contributed by atoms with Crippen molar-refractivity contribution in [3.05, 3.63) is 144 Å². The third-order valence-corrected chi connectivity index (χ3v) is 9.12. The van der Waals surface area contributed by atoms with Gasteiger partial charge in [0.1, 0.15) is 0 Å². The molecule has 4 aromatic carbocycles. The number of nitrogens with zero attached hydrogens (tertiary/aromatic N) is 1. The van der Waals surface area contributed by atoms with Gasteiger partial charge in [0.25, 0.3) is 0 Å². The number of benzene rings is 4. The summed E-state index contributed by atoms with van der Waals surface area (Å²) in [6, 6.07) is 42.9. The van der Waals surface area contributed by atoms with E-state index in [0.29, 0.717) is 12.3 Å². The summed E-state index contributed by atoms with van der Waals surface area (Å²) in [6.45, 7) is 5.32. The predicted molar refractivity (Wildman–Crippen MR) is 175 cm³/mol. The summed E-state index contributed by atoms with van der Waals surface area (Å²) in [5.74, 6) is 0.939. The van der Waals surface area contributed by atoms with Crippen molar-refractivity contribution in [3.8, 4) is 0 Å².